The van der Waals surface area contributed by atoms with Crippen LogP contribution in [-0.2, 0) is 24.2 Å². The van der Waals surface area contributed by atoms with E-state index in [1.165, 1.54) is 12.1 Å². The Morgan fingerprint density at radius 1 is 1.27 bits per heavy atom. The van der Waals surface area contributed by atoms with Gasteiger partial charge in [-0.05, 0) is 42.3 Å². The van der Waals surface area contributed by atoms with Gasteiger partial charge in [0.1, 0.15) is 5.69 Å². The summed E-state index contributed by atoms with van der Waals surface area (Å²) in [5.74, 6) is 0. The predicted octanol–water partition coefficient (Wildman–Crippen LogP) is 4.56. The van der Waals surface area contributed by atoms with Crippen molar-refractivity contribution in [3.63, 3.8) is 0 Å². The third-order valence-corrected chi connectivity index (χ3v) is 5.01. The van der Waals surface area contributed by atoms with Crippen molar-refractivity contribution in [1.29, 1.82) is 0 Å². The molecule has 1 fully saturated rings. The molecule has 0 saturated carbocycles. The molecule has 1 aromatic heterocycles. The molecular weight excluding hydrogens is 421 g/mol. The second kappa shape index (κ2) is 8.91. The lowest BCUT2D eigenvalue weighted by Gasteiger charge is -2.17. The number of nitrogens with zero attached hydrogens (tertiary/aromatic N) is 4. The van der Waals surface area contributed by atoms with Gasteiger partial charge in [-0.25, -0.2) is 9.78 Å². The van der Waals surface area contributed by atoms with Crippen LogP contribution >= 0.6 is 11.6 Å². The quantitative estimate of drug-likeness (QED) is 0.488. The van der Waals surface area contributed by atoms with Crippen molar-refractivity contribution in [2.45, 2.75) is 26.3 Å². The van der Waals surface area contributed by atoms with Crippen LogP contribution < -0.4 is 0 Å². The number of pyridine rings is 1. The molecule has 3 rings (SSSR count). The lowest BCUT2D eigenvalue weighted by molar-refractivity contribution is -0.141. The molecule has 1 aromatic carbocycles. The number of benzene rings is 1. The van der Waals surface area contributed by atoms with E-state index in [1.807, 2.05) is 6.07 Å². The third-order valence-electron chi connectivity index (χ3n) is 4.64. The van der Waals surface area contributed by atoms with Crippen LogP contribution in [0.2, 0.25) is 5.02 Å². The van der Waals surface area contributed by atoms with Gasteiger partial charge in [0, 0.05) is 31.7 Å². The highest BCUT2D eigenvalue weighted by molar-refractivity contribution is 6.31. The topological polar surface area (TPSA) is 58.0 Å². The summed E-state index contributed by atoms with van der Waals surface area (Å²) in [6.07, 6.45) is -4.51. The van der Waals surface area contributed by atoms with Crippen molar-refractivity contribution in [2.24, 2.45) is 5.16 Å². The van der Waals surface area contributed by atoms with Gasteiger partial charge < -0.3 is 14.6 Å². The molecule has 1 aliphatic rings. The first-order valence-electron chi connectivity index (χ1n) is 9.13. The number of hydrogen-bond acceptors (Lipinski definition) is 4. The molecule has 10 heteroatoms. The van der Waals surface area contributed by atoms with Crippen LogP contribution in [0.1, 0.15) is 29.4 Å². The molecular formula is C20H20ClF3N4O2. The lowest BCUT2D eigenvalue weighted by atomic mass is 10.1. The van der Waals surface area contributed by atoms with Crippen LogP contribution in [0.25, 0.3) is 0 Å². The maximum Gasteiger partial charge on any atom is 0.433 e. The van der Waals surface area contributed by atoms with Crippen molar-refractivity contribution < 1.29 is 22.8 Å². The first kappa shape index (κ1) is 21.9. The van der Waals surface area contributed by atoms with E-state index in [9.17, 15) is 18.0 Å². The summed E-state index contributed by atoms with van der Waals surface area (Å²) >= 11 is 6.28. The molecule has 1 saturated heterocycles. The Kier molecular flexibility index (Phi) is 6.50. The largest absolute Gasteiger partial charge is 0.433 e. The molecule has 6 nitrogen and oxygen atoms in total. The van der Waals surface area contributed by atoms with E-state index in [2.05, 4.69) is 10.1 Å². The monoisotopic (exact) mass is 440 g/mol. The zero-order valence-corrected chi connectivity index (χ0v) is 17.2. The maximum atomic E-state index is 12.7. The van der Waals surface area contributed by atoms with Crippen LogP contribution in [0.5, 0.6) is 0 Å². The summed E-state index contributed by atoms with van der Waals surface area (Å²) in [5, 5.41) is 4.51. The number of rotatable bonds is 6. The van der Waals surface area contributed by atoms with Crippen molar-refractivity contribution >= 4 is 23.3 Å². The normalized spacial score (nSPS) is 15.1. The van der Waals surface area contributed by atoms with Crippen LogP contribution in [0, 0.1) is 0 Å². The minimum Gasteiger partial charge on any atom is -0.389 e. The number of hydrogen-bond donors (Lipinski definition) is 0. The average Bonchev–Trinajstić information content (AvgIpc) is 3.01. The van der Waals surface area contributed by atoms with Gasteiger partial charge in [-0.2, -0.15) is 13.2 Å². The zero-order chi connectivity index (χ0) is 21.9. The van der Waals surface area contributed by atoms with Gasteiger partial charge in [0.25, 0.3) is 0 Å². The molecule has 0 bridgehead atoms. The van der Waals surface area contributed by atoms with Gasteiger partial charge in [0.05, 0.1) is 11.4 Å². The Bertz CT molecular complexity index is 965. The van der Waals surface area contributed by atoms with E-state index in [4.69, 9.17) is 16.4 Å². The van der Waals surface area contributed by atoms with Crippen molar-refractivity contribution in [3.05, 3.63) is 63.9 Å². The summed E-state index contributed by atoms with van der Waals surface area (Å²) in [5.41, 5.74) is 1.16. The number of carbonyl (C=O) groups excluding carboxylic acids is 1. The summed E-state index contributed by atoms with van der Waals surface area (Å²) in [4.78, 5) is 24.2. The van der Waals surface area contributed by atoms with Gasteiger partial charge in [0.15, 0.2) is 6.61 Å². The fourth-order valence-corrected chi connectivity index (χ4v) is 3.12. The van der Waals surface area contributed by atoms with E-state index in [0.29, 0.717) is 30.4 Å². The van der Waals surface area contributed by atoms with Crippen LogP contribution in [-0.4, -0.2) is 46.7 Å². The predicted molar refractivity (Wildman–Crippen MR) is 106 cm³/mol. The highest BCUT2D eigenvalue weighted by Gasteiger charge is 2.32. The first-order valence-corrected chi connectivity index (χ1v) is 9.51. The number of carbonyl (C=O) groups is 1. The smallest absolute Gasteiger partial charge is 0.389 e. The minimum atomic E-state index is -4.51. The molecule has 30 heavy (non-hydrogen) atoms. The summed E-state index contributed by atoms with van der Waals surface area (Å²) in [6, 6.07) is 8.84. The Hall–Kier alpha value is -2.81. The number of likely N-dealkylation sites (N-methyl/N-ethyl adjacent to an activating group) is 1. The highest BCUT2D eigenvalue weighted by Crippen LogP contribution is 2.27. The zero-order valence-electron chi connectivity index (χ0n) is 16.4. The number of halogens is 4. The fourth-order valence-electron chi connectivity index (χ4n) is 2.94. The van der Waals surface area contributed by atoms with Gasteiger partial charge in [-0.3, -0.25) is 0 Å². The average molecular weight is 441 g/mol. The number of alkyl halides is 3. The molecule has 1 aliphatic heterocycles. The molecule has 0 N–H and O–H groups in total. The molecule has 0 spiro atoms. The Morgan fingerprint density at radius 3 is 2.70 bits per heavy atom. The van der Waals surface area contributed by atoms with E-state index < -0.39 is 11.9 Å². The molecule has 0 unspecified atom stereocenters. The fraction of sp³-hybridized carbons (Fsp3) is 0.350. The Balaban J connectivity index is 1.67. The van der Waals surface area contributed by atoms with Gasteiger partial charge in [-0.1, -0.05) is 28.9 Å². The second-order valence-corrected chi connectivity index (χ2v) is 7.30. The van der Waals surface area contributed by atoms with Crippen molar-refractivity contribution in [1.82, 2.24) is 14.8 Å². The summed E-state index contributed by atoms with van der Waals surface area (Å²) < 4.78 is 38.2. The standard InChI is InChI=1S/C20H20ClF3N4O2/c1-13(26-30-12-16-4-3-5-18(25-16)20(22,23)24)14-6-7-17(21)15(10-14)11-28-9-8-27(2)19(28)29/h3-7,10H,8-9,11-12H2,1-2H3/b26-13+. The molecule has 2 amide bonds. The number of amides is 2. The van der Waals surface area contributed by atoms with Crippen molar-refractivity contribution in [3.8, 4) is 0 Å². The number of aromatic nitrogens is 1. The molecule has 2 heterocycles. The van der Waals surface area contributed by atoms with Crippen LogP contribution in [0.3, 0.4) is 0 Å². The first-order chi connectivity index (χ1) is 14.1. The van der Waals surface area contributed by atoms with Crippen LogP contribution in [0.15, 0.2) is 41.6 Å². The van der Waals surface area contributed by atoms with E-state index in [1.54, 1.807) is 35.9 Å². The van der Waals surface area contributed by atoms with E-state index >= 15 is 0 Å². The van der Waals surface area contributed by atoms with E-state index in [0.717, 1.165) is 17.2 Å². The molecule has 0 aliphatic carbocycles. The van der Waals surface area contributed by atoms with Crippen LogP contribution in [0.4, 0.5) is 18.0 Å². The van der Waals surface area contributed by atoms with Crippen molar-refractivity contribution in [2.75, 3.05) is 20.1 Å². The third kappa shape index (κ3) is 5.21. The minimum absolute atomic E-state index is 0.0567. The SMILES string of the molecule is C/C(=N\OCc1cccc(C(F)(F)F)n1)c1ccc(Cl)c(CN2CCN(C)C2=O)c1. The molecule has 0 radical (unpaired) electrons. The summed E-state index contributed by atoms with van der Waals surface area (Å²) in [7, 11) is 1.74. The van der Waals surface area contributed by atoms with Gasteiger partial charge >= 0.3 is 12.2 Å². The Labute approximate surface area is 176 Å². The molecule has 2 aromatic rings. The maximum absolute atomic E-state index is 12.7. The Morgan fingerprint density at radius 2 is 2.03 bits per heavy atom. The number of oxime groups is 1. The lowest BCUT2D eigenvalue weighted by Crippen LogP contribution is -2.29. The van der Waals surface area contributed by atoms with Gasteiger partial charge in [-0.15, -0.1) is 0 Å². The molecule has 160 valence electrons. The summed E-state index contributed by atoms with van der Waals surface area (Å²) in [6.45, 7) is 3.17. The highest BCUT2D eigenvalue weighted by atomic mass is 35.5. The molecule has 0 atom stereocenters. The second-order valence-electron chi connectivity index (χ2n) is 6.89. The number of urea groups is 1. The van der Waals surface area contributed by atoms with E-state index in [-0.39, 0.29) is 18.3 Å². The van der Waals surface area contributed by atoms with Gasteiger partial charge in [0.2, 0.25) is 0 Å².